The third kappa shape index (κ3) is 3.49. The molecule has 0 aliphatic carbocycles. The van der Waals surface area contributed by atoms with E-state index < -0.39 is 7.12 Å². The number of aryl methyl sites for hydroxylation is 1. The molecule has 3 N–H and O–H groups in total. The van der Waals surface area contributed by atoms with Crippen molar-refractivity contribution in [3.63, 3.8) is 0 Å². The van der Waals surface area contributed by atoms with Gasteiger partial charge in [0, 0.05) is 5.75 Å². The van der Waals surface area contributed by atoms with E-state index in [2.05, 4.69) is 15.2 Å². The first-order chi connectivity index (χ1) is 9.10. The normalized spacial score (nSPS) is 10.5. The maximum atomic E-state index is 9.34. The highest BCUT2D eigenvalue weighted by atomic mass is 32.2. The van der Waals surface area contributed by atoms with Crippen LogP contribution in [0.5, 0.6) is 5.75 Å². The first-order valence-corrected chi connectivity index (χ1v) is 6.63. The van der Waals surface area contributed by atoms with Crippen molar-refractivity contribution in [1.29, 1.82) is 0 Å². The number of hydrogen-bond donors (Lipinski definition) is 3. The molecule has 100 valence electrons. The number of methoxy groups -OCH3 is 1. The van der Waals surface area contributed by atoms with E-state index in [1.807, 2.05) is 6.92 Å². The molecular weight excluding hydrogens is 265 g/mol. The molecule has 2 rings (SSSR count). The average Bonchev–Trinajstić information content (AvgIpc) is 2.81. The molecule has 0 fully saturated rings. The lowest BCUT2D eigenvalue weighted by molar-refractivity contribution is 0.413. The molecule has 0 amide bonds. The topological polar surface area (TPSA) is 91.3 Å². The summed E-state index contributed by atoms with van der Waals surface area (Å²) in [5, 5.41) is 26.1. The zero-order valence-electron chi connectivity index (χ0n) is 10.6. The van der Waals surface area contributed by atoms with Gasteiger partial charge in [-0.25, -0.2) is 4.98 Å². The summed E-state index contributed by atoms with van der Waals surface area (Å²) >= 11 is 1.41. The van der Waals surface area contributed by atoms with Crippen LogP contribution < -0.4 is 10.2 Å². The molecule has 0 aliphatic heterocycles. The summed E-state index contributed by atoms with van der Waals surface area (Å²) in [6.45, 7) is 1.82. The van der Waals surface area contributed by atoms with Crippen LogP contribution >= 0.6 is 11.8 Å². The highest BCUT2D eigenvalue weighted by Crippen LogP contribution is 2.21. The second-order valence-electron chi connectivity index (χ2n) is 3.93. The van der Waals surface area contributed by atoms with Crippen molar-refractivity contribution in [2.24, 2.45) is 0 Å². The second-order valence-corrected chi connectivity index (χ2v) is 4.87. The minimum atomic E-state index is -1.50. The quantitative estimate of drug-likeness (QED) is 0.531. The van der Waals surface area contributed by atoms with Gasteiger partial charge < -0.3 is 14.8 Å². The van der Waals surface area contributed by atoms with Crippen LogP contribution in [-0.2, 0) is 5.75 Å². The zero-order chi connectivity index (χ0) is 13.8. The highest BCUT2D eigenvalue weighted by Gasteiger charge is 2.17. The first-order valence-electron chi connectivity index (χ1n) is 5.65. The van der Waals surface area contributed by atoms with Gasteiger partial charge in [-0.1, -0.05) is 17.8 Å². The number of ether oxygens (including phenoxy) is 1. The van der Waals surface area contributed by atoms with E-state index >= 15 is 0 Å². The minimum Gasteiger partial charge on any atom is -0.497 e. The van der Waals surface area contributed by atoms with Gasteiger partial charge in [0.2, 0.25) is 5.16 Å². The van der Waals surface area contributed by atoms with Gasteiger partial charge in [0.05, 0.1) is 7.11 Å². The van der Waals surface area contributed by atoms with Gasteiger partial charge in [0.1, 0.15) is 11.6 Å². The largest absolute Gasteiger partial charge is 0.497 e. The molecule has 0 saturated heterocycles. The predicted molar refractivity (Wildman–Crippen MR) is 73.5 cm³/mol. The van der Waals surface area contributed by atoms with Gasteiger partial charge >= 0.3 is 7.12 Å². The smallest absolute Gasteiger partial charge is 0.488 e. The summed E-state index contributed by atoms with van der Waals surface area (Å²) in [6, 6.07) is 5.11. The van der Waals surface area contributed by atoms with Crippen LogP contribution in [0.25, 0.3) is 0 Å². The Morgan fingerprint density at radius 3 is 2.79 bits per heavy atom. The van der Waals surface area contributed by atoms with Gasteiger partial charge in [0.15, 0.2) is 0 Å². The fraction of sp³-hybridized carbons (Fsp3) is 0.273. The summed E-state index contributed by atoms with van der Waals surface area (Å²) in [4.78, 5) is 4.18. The van der Waals surface area contributed by atoms with Gasteiger partial charge in [-0.2, -0.15) is 0 Å². The molecule has 0 saturated carbocycles. The summed E-state index contributed by atoms with van der Waals surface area (Å²) in [6.07, 6.45) is 0. The molecule has 0 spiro atoms. The average molecular weight is 279 g/mol. The summed E-state index contributed by atoms with van der Waals surface area (Å²) < 4.78 is 5.14. The van der Waals surface area contributed by atoms with Crippen molar-refractivity contribution in [2.75, 3.05) is 7.11 Å². The lowest BCUT2D eigenvalue weighted by Crippen LogP contribution is -2.32. The van der Waals surface area contributed by atoms with Gasteiger partial charge in [-0.15, -0.1) is 5.10 Å². The Labute approximate surface area is 115 Å². The SMILES string of the molecule is COc1ccc(B(O)O)c(CSc2n[nH]c(C)n2)c1. The van der Waals surface area contributed by atoms with E-state index in [4.69, 9.17) is 4.74 Å². The monoisotopic (exact) mass is 279 g/mol. The van der Waals surface area contributed by atoms with Crippen molar-refractivity contribution in [1.82, 2.24) is 15.2 Å². The Kier molecular flexibility index (Phi) is 4.46. The molecule has 0 atom stereocenters. The molecule has 1 aromatic heterocycles. The second kappa shape index (κ2) is 6.09. The summed E-state index contributed by atoms with van der Waals surface area (Å²) in [7, 11) is 0.0651. The molecule has 0 unspecified atom stereocenters. The van der Waals surface area contributed by atoms with E-state index in [-0.39, 0.29) is 0 Å². The highest BCUT2D eigenvalue weighted by molar-refractivity contribution is 7.98. The lowest BCUT2D eigenvalue weighted by atomic mass is 9.77. The van der Waals surface area contributed by atoms with Gasteiger partial charge in [0.25, 0.3) is 0 Å². The van der Waals surface area contributed by atoms with E-state index in [1.54, 1.807) is 25.3 Å². The van der Waals surface area contributed by atoms with E-state index in [0.717, 1.165) is 11.4 Å². The molecule has 2 aromatic rings. The summed E-state index contributed by atoms with van der Waals surface area (Å²) in [5.41, 5.74) is 1.24. The number of nitrogens with zero attached hydrogens (tertiary/aromatic N) is 2. The van der Waals surface area contributed by atoms with E-state index in [0.29, 0.717) is 22.1 Å². The van der Waals surface area contributed by atoms with Crippen LogP contribution in [0.3, 0.4) is 0 Å². The van der Waals surface area contributed by atoms with Crippen LogP contribution in [0.4, 0.5) is 0 Å². The van der Waals surface area contributed by atoms with Crippen LogP contribution in [0.15, 0.2) is 23.4 Å². The third-order valence-corrected chi connectivity index (χ3v) is 3.46. The molecule has 0 aliphatic rings. The Balaban J connectivity index is 2.17. The van der Waals surface area contributed by atoms with E-state index in [1.165, 1.54) is 11.8 Å². The zero-order valence-corrected chi connectivity index (χ0v) is 11.4. The molecule has 8 heteroatoms. The van der Waals surface area contributed by atoms with Crippen molar-refractivity contribution in [3.8, 4) is 5.75 Å². The lowest BCUT2D eigenvalue weighted by Gasteiger charge is -2.09. The first kappa shape index (κ1) is 13.9. The third-order valence-electron chi connectivity index (χ3n) is 2.56. The molecule has 0 bridgehead atoms. The standard InChI is InChI=1S/C11H14BN3O3S/c1-7-13-11(15-14-7)19-6-8-5-9(18-2)3-4-10(8)12(16)17/h3-5,16-17H,6H2,1-2H3,(H,13,14,15). The molecule has 6 nitrogen and oxygen atoms in total. The predicted octanol–water partition coefficient (Wildman–Crippen LogP) is 0.0938. The Morgan fingerprint density at radius 2 is 2.21 bits per heavy atom. The van der Waals surface area contributed by atoms with Crippen molar-refractivity contribution < 1.29 is 14.8 Å². The Morgan fingerprint density at radius 1 is 1.42 bits per heavy atom. The maximum Gasteiger partial charge on any atom is 0.488 e. The number of aromatic amines is 1. The fourth-order valence-electron chi connectivity index (χ4n) is 1.62. The Bertz CT molecular complexity index is 562. The van der Waals surface area contributed by atoms with Gasteiger partial charge in [-0.3, -0.25) is 5.10 Å². The minimum absolute atomic E-state index is 0.459. The van der Waals surface area contributed by atoms with Crippen molar-refractivity contribution >= 4 is 24.3 Å². The number of H-pyrrole nitrogens is 1. The Hall–Kier alpha value is -1.51. The van der Waals surface area contributed by atoms with Crippen LogP contribution in [0.1, 0.15) is 11.4 Å². The fourth-order valence-corrected chi connectivity index (χ4v) is 2.46. The van der Waals surface area contributed by atoms with Crippen LogP contribution in [0.2, 0.25) is 0 Å². The number of nitrogens with one attached hydrogen (secondary N) is 1. The van der Waals surface area contributed by atoms with E-state index in [9.17, 15) is 10.0 Å². The maximum absolute atomic E-state index is 9.34. The van der Waals surface area contributed by atoms with Gasteiger partial charge in [-0.05, 0) is 30.1 Å². The molecule has 1 heterocycles. The molecular formula is C11H14BN3O3S. The number of thioether (sulfide) groups is 1. The molecule has 1 aromatic carbocycles. The van der Waals surface area contributed by atoms with Crippen LogP contribution in [-0.4, -0.2) is 39.5 Å². The number of aromatic nitrogens is 3. The number of rotatable bonds is 5. The molecule has 19 heavy (non-hydrogen) atoms. The molecule has 0 radical (unpaired) electrons. The summed E-state index contributed by atoms with van der Waals surface area (Å²) in [5.74, 6) is 1.95. The number of hydrogen-bond acceptors (Lipinski definition) is 6. The van der Waals surface area contributed by atoms with Crippen molar-refractivity contribution in [2.45, 2.75) is 17.8 Å². The number of benzene rings is 1. The van der Waals surface area contributed by atoms with Crippen LogP contribution in [0, 0.1) is 6.92 Å². The van der Waals surface area contributed by atoms with Crippen molar-refractivity contribution in [3.05, 3.63) is 29.6 Å².